The largest absolute Gasteiger partial charge is 0.207 e. The van der Waals surface area contributed by atoms with Crippen molar-refractivity contribution in [2.45, 2.75) is 59.3 Å². The van der Waals surface area contributed by atoms with Gasteiger partial charge in [0.2, 0.25) is 0 Å². The quantitative estimate of drug-likeness (QED) is 0.520. The summed E-state index contributed by atoms with van der Waals surface area (Å²) in [4.78, 5) is 0. The molecule has 118 valence electrons. The van der Waals surface area contributed by atoms with Crippen molar-refractivity contribution in [2.24, 2.45) is 0 Å². The highest BCUT2D eigenvalue weighted by Gasteiger charge is 2.18. The minimum Gasteiger partial charge on any atom is -0.207 e. The molecule has 0 saturated heterocycles. The summed E-state index contributed by atoms with van der Waals surface area (Å²) in [6.07, 6.45) is 18.8. The Morgan fingerprint density at radius 2 is 1.50 bits per heavy atom. The zero-order chi connectivity index (χ0) is 15.9. The first-order valence-electron chi connectivity index (χ1n) is 8.56. The van der Waals surface area contributed by atoms with Crippen molar-refractivity contribution in [1.29, 1.82) is 0 Å². The fourth-order valence-electron chi connectivity index (χ4n) is 3.16. The second kappa shape index (κ2) is 8.12. The van der Waals surface area contributed by atoms with E-state index in [0.29, 0.717) is 0 Å². The molecule has 3 aliphatic carbocycles. The van der Waals surface area contributed by atoms with Crippen LogP contribution in [0.3, 0.4) is 0 Å². The SMILES string of the molecule is CC.CC1=CC(F)=C(C2=CC=C(C3=CC=CCC3)CC2)CC1. The third-order valence-corrected chi connectivity index (χ3v) is 4.39. The number of hydrogen-bond acceptors (Lipinski definition) is 0. The zero-order valence-corrected chi connectivity index (χ0v) is 14.1. The smallest absolute Gasteiger partial charge is 0.126 e. The number of hydrogen-bond donors (Lipinski definition) is 0. The van der Waals surface area contributed by atoms with Gasteiger partial charge in [-0.05, 0) is 73.8 Å². The second-order valence-corrected chi connectivity index (χ2v) is 5.86. The van der Waals surface area contributed by atoms with Gasteiger partial charge in [0.25, 0.3) is 0 Å². The number of allylic oxidation sites excluding steroid dienone is 12. The molecule has 0 amide bonds. The van der Waals surface area contributed by atoms with Gasteiger partial charge in [-0.3, -0.25) is 0 Å². The molecule has 22 heavy (non-hydrogen) atoms. The lowest BCUT2D eigenvalue weighted by molar-refractivity contribution is 0.629. The Balaban J connectivity index is 0.000000847. The van der Waals surface area contributed by atoms with Crippen molar-refractivity contribution in [3.63, 3.8) is 0 Å². The van der Waals surface area contributed by atoms with Gasteiger partial charge in [-0.25, -0.2) is 4.39 Å². The summed E-state index contributed by atoms with van der Waals surface area (Å²) >= 11 is 0. The Hall–Kier alpha value is -1.63. The molecular weight excluding hydrogens is 271 g/mol. The summed E-state index contributed by atoms with van der Waals surface area (Å²) in [5.41, 5.74) is 6.17. The highest BCUT2D eigenvalue weighted by Crippen LogP contribution is 2.36. The van der Waals surface area contributed by atoms with Crippen molar-refractivity contribution in [1.82, 2.24) is 0 Å². The van der Waals surface area contributed by atoms with Gasteiger partial charge in [-0.15, -0.1) is 0 Å². The first kappa shape index (κ1) is 16.7. The molecule has 0 nitrogen and oxygen atoms in total. The summed E-state index contributed by atoms with van der Waals surface area (Å²) in [5.74, 6) is -0.0170. The maximum Gasteiger partial charge on any atom is 0.126 e. The van der Waals surface area contributed by atoms with E-state index in [0.717, 1.165) is 49.7 Å². The van der Waals surface area contributed by atoms with Crippen LogP contribution in [0.1, 0.15) is 59.3 Å². The molecule has 0 N–H and O–H groups in total. The van der Waals surface area contributed by atoms with Gasteiger partial charge in [0.1, 0.15) is 5.83 Å². The van der Waals surface area contributed by atoms with Crippen LogP contribution in [-0.2, 0) is 0 Å². The molecule has 0 aromatic rings. The summed E-state index contributed by atoms with van der Waals surface area (Å²) < 4.78 is 14.1. The minimum absolute atomic E-state index is 0.0170. The lowest BCUT2D eigenvalue weighted by atomic mass is 9.84. The third-order valence-electron chi connectivity index (χ3n) is 4.39. The van der Waals surface area contributed by atoms with Crippen molar-refractivity contribution in [2.75, 3.05) is 0 Å². The Labute approximate surface area is 134 Å². The monoisotopic (exact) mass is 298 g/mol. The normalized spacial score (nSPS) is 21.3. The number of rotatable bonds is 2. The highest BCUT2D eigenvalue weighted by molar-refractivity contribution is 5.48. The first-order valence-corrected chi connectivity index (χ1v) is 8.56. The molecule has 0 aliphatic heterocycles. The molecule has 0 atom stereocenters. The molecule has 0 unspecified atom stereocenters. The molecule has 0 fully saturated rings. The first-order chi connectivity index (χ1) is 10.7. The van der Waals surface area contributed by atoms with Gasteiger partial charge in [0, 0.05) is 0 Å². The minimum atomic E-state index is -0.0170. The number of halogens is 1. The van der Waals surface area contributed by atoms with E-state index in [9.17, 15) is 4.39 Å². The maximum atomic E-state index is 14.1. The Bertz CT molecular complexity index is 591. The van der Waals surface area contributed by atoms with Crippen LogP contribution in [0.25, 0.3) is 0 Å². The Morgan fingerprint density at radius 1 is 0.818 bits per heavy atom. The van der Waals surface area contributed by atoms with Gasteiger partial charge >= 0.3 is 0 Å². The second-order valence-electron chi connectivity index (χ2n) is 5.86. The molecule has 0 aromatic carbocycles. The summed E-state index contributed by atoms with van der Waals surface area (Å²) in [5, 5.41) is 0. The fourth-order valence-corrected chi connectivity index (χ4v) is 3.16. The van der Waals surface area contributed by atoms with Gasteiger partial charge in [-0.2, -0.15) is 0 Å². The van der Waals surface area contributed by atoms with E-state index in [1.54, 1.807) is 6.08 Å². The van der Waals surface area contributed by atoms with Gasteiger partial charge in [-0.1, -0.05) is 49.8 Å². The van der Waals surface area contributed by atoms with Crippen molar-refractivity contribution < 1.29 is 4.39 Å². The van der Waals surface area contributed by atoms with Crippen LogP contribution in [0.2, 0.25) is 0 Å². The van der Waals surface area contributed by atoms with Gasteiger partial charge < -0.3 is 0 Å². The molecule has 0 bridgehead atoms. The van der Waals surface area contributed by atoms with E-state index in [-0.39, 0.29) is 5.83 Å². The van der Waals surface area contributed by atoms with Crippen LogP contribution in [-0.4, -0.2) is 0 Å². The lowest BCUT2D eigenvalue weighted by Crippen LogP contribution is -2.03. The van der Waals surface area contributed by atoms with E-state index in [1.807, 2.05) is 20.8 Å². The molecule has 0 spiro atoms. The maximum absolute atomic E-state index is 14.1. The molecule has 1 heteroatoms. The molecule has 0 saturated carbocycles. The third kappa shape index (κ3) is 3.97. The summed E-state index contributed by atoms with van der Waals surface area (Å²) in [6, 6.07) is 0. The van der Waals surface area contributed by atoms with Crippen LogP contribution < -0.4 is 0 Å². The van der Waals surface area contributed by atoms with E-state index < -0.39 is 0 Å². The van der Waals surface area contributed by atoms with E-state index in [1.165, 1.54) is 16.7 Å². The van der Waals surface area contributed by atoms with Crippen LogP contribution >= 0.6 is 0 Å². The van der Waals surface area contributed by atoms with Crippen LogP contribution in [0.4, 0.5) is 4.39 Å². The van der Waals surface area contributed by atoms with Crippen LogP contribution in [0.5, 0.6) is 0 Å². The fraction of sp³-hybridized carbons (Fsp3) is 0.429. The van der Waals surface area contributed by atoms with Crippen molar-refractivity contribution in [3.05, 3.63) is 70.1 Å². The van der Waals surface area contributed by atoms with E-state index in [2.05, 4.69) is 30.4 Å². The van der Waals surface area contributed by atoms with Crippen molar-refractivity contribution in [3.8, 4) is 0 Å². The summed E-state index contributed by atoms with van der Waals surface area (Å²) in [6.45, 7) is 6.01. The standard InChI is InChI=1S/C19H21F.C2H6/c1-14-7-12-18(19(20)13-14)17-10-8-16(9-11-17)15-5-3-2-4-6-15;1-2/h2-3,5,8,10,13H,4,6-7,9,11-12H2,1H3;1-2H3. The molecule has 0 radical (unpaired) electrons. The molecule has 3 rings (SSSR count). The van der Waals surface area contributed by atoms with Crippen LogP contribution in [0, 0.1) is 0 Å². The highest BCUT2D eigenvalue weighted by atomic mass is 19.1. The van der Waals surface area contributed by atoms with E-state index >= 15 is 0 Å². The lowest BCUT2D eigenvalue weighted by Gasteiger charge is -2.22. The predicted molar refractivity (Wildman–Crippen MR) is 94.3 cm³/mol. The average Bonchev–Trinajstić information content (AvgIpc) is 2.58. The van der Waals surface area contributed by atoms with Crippen LogP contribution in [0.15, 0.2) is 70.1 Å². The topological polar surface area (TPSA) is 0 Å². The molecule has 0 aromatic heterocycles. The zero-order valence-electron chi connectivity index (χ0n) is 14.1. The van der Waals surface area contributed by atoms with Gasteiger partial charge in [0.05, 0.1) is 0 Å². The predicted octanol–water partition coefficient (Wildman–Crippen LogP) is 6.90. The molecular formula is C21H27F. The molecule has 3 aliphatic rings. The molecule has 0 heterocycles. The van der Waals surface area contributed by atoms with E-state index in [4.69, 9.17) is 0 Å². The Kier molecular flexibility index (Phi) is 6.18. The van der Waals surface area contributed by atoms with Crippen molar-refractivity contribution >= 4 is 0 Å². The Morgan fingerprint density at radius 3 is 2.09 bits per heavy atom. The summed E-state index contributed by atoms with van der Waals surface area (Å²) in [7, 11) is 0. The van der Waals surface area contributed by atoms with Gasteiger partial charge in [0.15, 0.2) is 0 Å². The average molecular weight is 298 g/mol.